The molecular weight excluding hydrogens is 328 g/mol. The van der Waals surface area contributed by atoms with Gasteiger partial charge in [-0.1, -0.05) is 30.7 Å². The third-order valence-corrected chi connectivity index (χ3v) is 3.86. The van der Waals surface area contributed by atoms with Gasteiger partial charge in [-0.15, -0.1) is 10.2 Å². The van der Waals surface area contributed by atoms with E-state index in [9.17, 15) is 0 Å². The second kappa shape index (κ2) is 7.36. The highest BCUT2D eigenvalue weighted by atomic mass is 35.5. The van der Waals surface area contributed by atoms with E-state index in [1.54, 1.807) is 13.2 Å². The first kappa shape index (κ1) is 16.3. The summed E-state index contributed by atoms with van der Waals surface area (Å²) >= 11 is 6.17. The third-order valence-electron chi connectivity index (χ3n) is 3.53. The molecule has 1 aromatic heterocycles. The lowest BCUT2D eigenvalue weighted by Gasteiger charge is -2.14. The van der Waals surface area contributed by atoms with Crippen LogP contribution in [0.4, 0.5) is 0 Å². The van der Waals surface area contributed by atoms with Crippen molar-refractivity contribution in [3.63, 3.8) is 0 Å². The van der Waals surface area contributed by atoms with Crippen LogP contribution in [0.1, 0.15) is 25.3 Å². The Labute approximate surface area is 145 Å². The molecule has 0 radical (unpaired) electrons. The van der Waals surface area contributed by atoms with Gasteiger partial charge >= 0.3 is 0 Å². The second-order valence-electron chi connectivity index (χ2n) is 5.12. The molecule has 3 aromatic rings. The third kappa shape index (κ3) is 3.51. The maximum atomic E-state index is 6.17. The first-order valence-electron chi connectivity index (χ1n) is 7.60. The Bertz CT molecular complexity index is 802. The lowest BCUT2D eigenvalue weighted by atomic mass is 10.2. The highest BCUT2D eigenvalue weighted by Gasteiger charge is 2.20. The summed E-state index contributed by atoms with van der Waals surface area (Å²) in [4.78, 5) is 0. The number of hydrogen-bond acceptors (Lipinski definition) is 5. The van der Waals surface area contributed by atoms with Crippen LogP contribution >= 0.6 is 11.6 Å². The minimum atomic E-state index is -0.331. The van der Waals surface area contributed by atoms with Gasteiger partial charge in [0.15, 0.2) is 6.10 Å². The zero-order valence-corrected chi connectivity index (χ0v) is 14.2. The molecule has 0 bridgehead atoms. The van der Waals surface area contributed by atoms with Crippen molar-refractivity contribution < 1.29 is 13.9 Å². The van der Waals surface area contributed by atoms with Crippen molar-refractivity contribution in [1.29, 1.82) is 0 Å². The number of benzene rings is 2. The van der Waals surface area contributed by atoms with Crippen LogP contribution in [-0.4, -0.2) is 17.3 Å². The summed E-state index contributed by atoms with van der Waals surface area (Å²) in [6, 6.07) is 14.7. The highest BCUT2D eigenvalue weighted by Crippen LogP contribution is 2.30. The van der Waals surface area contributed by atoms with E-state index in [2.05, 4.69) is 10.2 Å². The minimum Gasteiger partial charge on any atom is -0.497 e. The van der Waals surface area contributed by atoms with E-state index < -0.39 is 0 Å². The monoisotopic (exact) mass is 344 g/mol. The molecule has 124 valence electrons. The summed E-state index contributed by atoms with van der Waals surface area (Å²) < 4.78 is 16.8. The molecule has 1 heterocycles. The van der Waals surface area contributed by atoms with Crippen molar-refractivity contribution in [2.24, 2.45) is 0 Å². The average Bonchev–Trinajstić information content (AvgIpc) is 3.10. The Morgan fingerprint density at radius 2 is 1.75 bits per heavy atom. The molecule has 0 N–H and O–H groups in total. The van der Waals surface area contributed by atoms with Crippen LogP contribution in [-0.2, 0) is 0 Å². The molecule has 0 saturated carbocycles. The maximum Gasteiger partial charge on any atom is 0.257 e. The van der Waals surface area contributed by atoms with Gasteiger partial charge in [0.25, 0.3) is 5.89 Å². The number of halogens is 1. The zero-order valence-electron chi connectivity index (χ0n) is 13.4. The lowest BCUT2D eigenvalue weighted by molar-refractivity contribution is 0.166. The molecule has 1 unspecified atom stereocenters. The Balaban J connectivity index is 1.80. The van der Waals surface area contributed by atoms with Crippen LogP contribution in [0.25, 0.3) is 11.5 Å². The van der Waals surface area contributed by atoms with Crippen LogP contribution in [0.5, 0.6) is 11.5 Å². The lowest BCUT2D eigenvalue weighted by Crippen LogP contribution is -2.06. The summed E-state index contributed by atoms with van der Waals surface area (Å²) in [6.45, 7) is 1.99. The van der Waals surface area contributed by atoms with Gasteiger partial charge in [0.1, 0.15) is 11.5 Å². The molecule has 0 amide bonds. The van der Waals surface area contributed by atoms with Gasteiger partial charge in [0.05, 0.1) is 17.7 Å². The summed E-state index contributed by atoms with van der Waals surface area (Å²) in [5, 5.41) is 8.76. The fourth-order valence-electron chi connectivity index (χ4n) is 2.24. The van der Waals surface area contributed by atoms with Crippen LogP contribution in [0.3, 0.4) is 0 Å². The normalized spacial score (nSPS) is 12.0. The standard InChI is InChI=1S/C18H17ClN2O3/c1-3-16(23-13-10-8-12(22-2)9-11-13)18-21-20-17(24-18)14-6-4-5-7-15(14)19/h4-11,16H,3H2,1-2H3. The second-order valence-corrected chi connectivity index (χ2v) is 5.52. The SMILES string of the molecule is CCC(Oc1ccc(OC)cc1)c1nnc(-c2ccccc2Cl)o1. The number of nitrogens with zero attached hydrogens (tertiary/aromatic N) is 2. The van der Waals surface area contributed by atoms with E-state index >= 15 is 0 Å². The predicted octanol–water partition coefficient (Wildman–Crippen LogP) is 4.93. The van der Waals surface area contributed by atoms with Crippen molar-refractivity contribution in [2.45, 2.75) is 19.4 Å². The van der Waals surface area contributed by atoms with Crippen molar-refractivity contribution in [3.8, 4) is 23.0 Å². The van der Waals surface area contributed by atoms with Gasteiger partial charge in [-0.05, 0) is 42.8 Å². The van der Waals surface area contributed by atoms with Gasteiger partial charge in [-0.25, -0.2) is 0 Å². The van der Waals surface area contributed by atoms with E-state index in [-0.39, 0.29) is 6.10 Å². The van der Waals surface area contributed by atoms with Crippen molar-refractivity contribution in [3.05, 3.63) is 59.4 Å². The average molecular weight is 345 g/mol. The quantitative estimate of drug-likeness (QED) is 0.634. The van der Waals surface area contributed by atoms with Crippen molar-refractivity contribution in [2.75, 3.05) is 7.11 Å². The molecule has 3 rings (SSSR count). The topological polar surface area (TPSA) is 57.4 Å². The Morgan fingerprint density at radius 3 is 2.42 bits per heavy atom. The van der Waals surface area contributed by atoms with Crippen LogP contribution in [0.2, 0.25) is 5.02 Å². The summed E-state index contributed by atoms with van der Waals surface area (Å²) in [5.41, 5.74) is 0.706. The van der Waals surface area contributed by atoms with E-state index in [1.165, 1.54) is 0 Å². The molecule has 0 aliphatic heterocycles. The van der Waals surface area contributed by atoms with Gasteiger partial charge in [0.2, 0.25) is 5.89 Å². The van der Waals surface area contributed by atoms with Gasteiger partial charge in [-0.3, -0.25) is 0 Å². The largest absolute Gasteiger partial charge is 0.497 e. The number of rotatable bonds is 6. The maximum absolute atomic E-state index is 6.17. The first-order valence-corrected chi connectivity index (χ1v) is 7.98. The van der Waals surface area contributed by atoms with E-state index in [0.29, 0.717) is 34.5 Å². The van der Waals surface area contributed by atoms with E-state index in [4.69, 9.17) is 25.5 Å². The van der Waals surface area contributed by atoms with E-state index in [1.807, 2.05) is 49.4 Å². The van der Waals surface area contributed by atoms with Gasteiger partial charge < -0.3 is 13.9 Å². The molecule has 0 fully saturated rings. The molecule has 1 atom stereocenters. The molecule has 24 heavy (non-hydrogen) atoms. The first-order chi connectivity index (χ1) is 11.7. The number of ether oxygens (including phenoxy) is 2. The summed E-state index contributed by atoms with van der Waals surface area (Å²) in [7, 11) is 1.62. The Hall–Kier alpha value is -2.53. The van der Waals surface area contributed by atoms with Crippen LogP contribution in [0.15, 0.2) is 52.9 Å². The molecule has 0 spiro atoms. The molecule has 0 aliphatic carbocycles. The van der Waals surface area contributed by atoms with Gasteiger partial charge in [-0.2, -0.15) is 0 Å². The minimum absolute atomic E-state index is 0.331. The summed E-state index contributed by atoms with van der Waals surface area (Å²) in [5.74, 6) is 2.28. The zero-order chi connectivity index (χ0) is 16.9. The number of aromatic nitrogens is 2. The van der Waals surface area contributed by atoms with Crippen molar-refractivity contribution >= 4 is 11.6 Å². The van der Waals surface area contributed by atoms with Crippen molar-refractivity contribution in [1.82, 2.24) is 10.2 Å². The highest BCUT2D eigenvalue weighted by molar-refractivity contribution is 6.33. The fraction of sp³-hybridized carbons (Fsp3) is 0.222. The predicted molar refractivity (Wildman–Crippen MR) is 91.4 cm³/mol. The van der Waals surface area contributed by atoms with E-state index in [0.717, 1.165) is 5.75 Å². The molecule has 2 aromatic carbocycles. The summed E-state index contributed by atoms with van der Waals surface area (Å²) in [6.07, 6.45) is 0.359. The fourth-order valence-corrected chi connectivity index (χ4v) is 2.45. The Kier molecular flexibility index (Phi) is 5.01. The molecule has 6 heteroatoms. The van der Waals surface area contributed by atoms with Crippen LogP contribution < -0.4 is 9.47 Å². The number of hydrogen-bond donors (Lipinski definition) is 0. The molecule has 0 saturated heterocycles. The smallest absolute Gasteiger partial charge is 0.257 e. The molecule has 0 aliphatic rings. The van der Waals surface area contributed by atoms with Gasteiger partial charge in [0, 0.05) is 0 Å². The molecule has 5 nitrogen and oxygen atoms in total. The number of methoxy groups -OCH3 is 1. The molecular formula is C18H17ClN2O3. The van der Waals surface area contributed by atoms with Crippen LogP contribution in [0, 0.1) is 0 Å². The Morgan fingerprint density at radius 1 is 1.04 bits per heavy atom.